The Morgan fingerprint density at radius 1 is 1.10 bits per heavy atom. The maximum Gasteiger partial charge on any atom is 0.137 e. The molecule has 5 rings (SSSR count). The van der Waals surface area contributed by atoms with Crippen molar-refractivity contribution in [3.05, 3.63) is 66.7 Å². The maximum atomic E-state index is 9.86. The molecule has 0 aromatic carbocycles. The van der Waals surface area contributed by atoms with Crippen LogP contribution in [-0.4, -0.2) is 30.5 Å². The molecular formula is C23H23N5O. The lowest BCUT2D eigenvalue weighted by molar-refractivity contribution is 0.282. The van der Waals surface area contributed by atoms with Crippen molar-refractivity contribution in [2.75, 3.05) is 5.32 Å². The molecule has 0 unspecified atom stereocenters. The molecule has 0 amide bonds. The Kier molecular flexibility index (Phi) is 4.69. The lowest BCUT2D eigenvalue weighted by Gasteiger charge is -2.13. The molecule has 6 nitrogen and oxygen atoms in total. The molecule has 1 saturated carbocycles. The highest BCUT2D eigenvalue weighted by Crippen LogP contribution is 2.28. The van der Waals surface area contributed by atoms with Crippen LogP contribution in [-0.2, 0) is 6.61 Å². The molecule has 4 aromatic rings. The zero-order chi connectivity index (χ0) is 19.6. The molecule has 2 N–H and O–H groups in total. The SMILES string of the molecule is OCc1cc2ncc(-c3cccc(NC4CCCC4)n3)n2cc1-c1cccnc1. The Hall–Kier alpha value is -3.25. The van der Waals surface area contributed by atoms with Crippen LogP contribution in [0.2, 0.25) is 0 Å². The van der Waals surface area contributed by atoms with Crippen LogP contribution in [0.5, 0.6) is 0 Å². The van der Waals surface area contributed by atoms with Crippen LogP contribution in [0.4, 0.5) is 5.82 Å². The van der Waals surface area contributed by atoms with Crippen molar-refractivity contribution < 1.29 is 5.11 Å². The van der Waals surface area contributed by atoms with E-state index < -0.39 is 0 Å². The van der Waals surface area contributed by atoms with Crippen LogP contribution in [0.15, 0.2) is 61.2 Å². The van der Waals surface area contributed by atoms with E-state index >= 15 is 0 Å². The van der Waals surface area contributed by atoms with Crippen LogP contribution in [0, 0.1) is 0 Å². The molecule has 1 aliphatic carbocycles. The smallest absolute Gasteiger partial charge is 0.137 e. The summed E-state index contributed by atoms with van der Waals surface area (Å²) in [6.07, 6.45) is 12.4. The number of nitrogens with one attached hydrogen (secondary N) is 1. The van der Waals surface area contributed by atoms with Gasteiger partial charge in [0.25, 0.3) is 0 Å². The van der Waals surface area contributed by atoms with Crippen molar-refractivity contribution >= 4 is 11.5 Å². The topological polar surface area (TPSA) is 75.3 Å². The molecule has 146 valence electrons. The molecule has 4 aromatic heterocycles. The number of rotatable bonds is 5. The molecule has 4 heterocycles. The average molecular weight is 385 g/mol. The lowest BCUT2D eigenvalue weighted by Crippen LogP contribution is -2.15. The molecule has 0 aliphatic heterocycles. The summed E-state index contributed by atoms with van der Waals surface area (Å²) in [4.78, 5) is 13.6. The summed E-state index contributed by atoms with van der Waals surface area (Å²) in [5.41, 5.74) is 5.30. The second kappa shape index (κ2) is 7.64. The van der Waals surface area contributed by atoms with Crippen LogP contribution >= 0.6 is 0 Å². The number of aliphatic hydroxyl groups excluding tert-OH is 1. The summed E-state index contributed by atoms with van der Waals surface area (Å²) >= 11 is 0. The zero-order valence-corrected chi connectivity index (χ0v) is 16.1. The highest BCUT2D eigenvalue weighted by molar-refractivity contribution is 5.71. The van der Waals surface area contributed by atoms with Gasteiger partial charge in [0.05, 0.1) is 24.2 Å². The minimum Gasteiger partial charge on any atom is -0.392 e. The van der Waals surface area contributed by atoms with Crippen LogP contribution in [0.3, 0.4) is 0 Å². The van der Waals surface area contributed by atoms with E-state index in [0.717, 1.165) is 39.5 Å². The van der Waals surface area contributed by atoms with Gasteiger partial charge in [0.2, 0.25) is 0 Å². The molecule has 1 aliphatic rings. The summed E-state index contributed by atoms with van der Waals surface area (Å²) in [6, 6.07) is 12.4. The molecule has 0 bridgehead atoms. The van der Waals surface area contributed by atoms with E-state index in [0.29, 0.717) is 6.04 Å². The quantitative estimate of drug-likeness (QED) is 0.536. The van der Waals surface area contributed by atoms with Gasteiger partial charge in [0.1, 0.15) is 11.5 Å². The van der Waals surface area contributed by atoms with E-state index in [9.17, 15) is 5.11 Å². The van der Waals surface area contributed by atoms with Crippen LogP contribution in [0.25, 0.3) is 28.2 Å². The second-order valence-corrected chi connectivity index (χ2v) is 7.52. The van der Waals surface area contributed by atoms with Crippen LogP contribution in [0.1, 0.15) is 31.2 Å². The molecule has 29 heavy (non-hydrogen) atoms. The standard InChI is InChI=1S/C23H23N5O/c29-15-17-11-23-25-13-21(28(23)14-19(17)16-5-4-10-24-12-16)20-8-3-9-22(27-20)26-18-6-1-2-7-18/h3-5,8-14,18,29H,1-2,6-7,15H2,(H,26,27). The summed E-state index contributed by atoms with van der Waals surface area (Å²) in [5, 5.41) is 13.4. The third-order valence-corrected chi connectivity index (χ3v) is 5.59. The Morgan fingerprint density at radius 3 is 2.79 bits per heavy atom. The maximum absolute atomic E-state index is 9.86. The van der Waals surface area contributed by atoms with Crippen molar-refractivity contribution in [3.8, 4) is 22.5 Å². The number of aliphatic hydroxyl groups is 1. The highest BCUT2D eigenvalue weighted by Gasteiger charge is 2.16. The Labute approximate surface area is 169 Å². The summed E-state index contributed by atoms with van der Waals surface area (Å²) < 4.78 is 2.03. The predicted molar refractivity (Wildman–Crippen MR) is 113 cm³/mol. The predicted octanol–water partition coefficient (Wildman–Crippen LogP) is 4.31. The Balaban J connectivity index is 1.57. The summed E-state index contributed by atoms with van der Waals surface area (Å²) in [5.74, 6) is 0.906. The van der Waals surface area contributed by atoms with Gasteiger partial charge in [0, 0.05) is 35.8 Å². The van der Waals surface area contributed by atoms with Gasteiger partial charge in [-0.2, -0.15) is 0 Å². The molecule has 0 spiro atoms. The number of hydrogen-bond donors (Lipinski definition) is 2. The summed E-state index contributed by atoms with van der Waals surface area (Å²) in [6.45, 7) is -0.0536. The average Bonchev–Trinajstić information content (AvgIpc) is 3.43. The fourth-order valence-electron chi connectivity index (χ4n) is 4.10. The van der Waals surface area contributed by atoms with Crippen LogP contribution < -0.4 is 5.32 Å². The number of pyridine rings is 3. The van der Waals surface area contributed by atoms with Crippen molar-refractivity contribution in [3.63, 3.8) is 0 Å². The van der Waals surface area contributed by atoms with Crippen molar-refractivity contribution in [2.45, 2.75) is 38.3 Å². The largest absolute Gasteiger partial charge is 0.392 e. The van der Waals surface area contributed by atoms with E-state index in [2.05, 4.69) is 15.3 Å². The van der Waals surface area contributed by atoms with E-state index in [1.165, 1.54) is 25.7 Å². The number of aromatic nitrogens is 4. The normalized spacial score (nSPS) is 14.5. The second-order valence-electron chi connectivity index (χ2n) is 7.52. The Bertz CT molecular complexity index is 1130. The molecular weight excluding hydrogens is 362 g/mol. The van der Waals surface area contributed by atoms with E-state index in [4.69, 9.17) is 4.98 Å². The number of imidazole rings is 1. The highest BCUT2D eigenvalue weighted by atomic mass is 16.3. The summed E-state index contributed by atoms with van der Waals surface area (Å²) in [7, 11) is 0. The minimum atomic E-state index is -0.0536. The van der Waals surface area contributed by atoms with E-state index in [-0.39, 0.29) is 6.61 Å². The van der Waals surface area contributed by atoms with Crippen molar-refractivity contribution in [1.29, 1.82) is 0 Å². The first-order valence-corrected chi connectivity index (χ1v) is 10.1. The number of fused-ring (bicyclic) bond motifs is 1. The zero-order valence-electron chi connectivity index (χ0n) is 16.1. The van der Waals surface area contributed by atoms with Gasteiger partial charge in [-0.3, -0.25) is 9.38 Å². The first-order valence-electron chi connectivity index (χ1n) is 10.1. The monoisotopic (exact) mass is 385 g/mol. The van der Waals surface area contributed by atoms with E-state index in [1.54, 1.807) is 12.4 Å². The third-order valence-electron chi connectivity index (χ3n) is 5.59. The van der Waals surface area contributed by atoms with Gasteiger partial charge in [-0.15, -0.1) is 0 Å². The first-order chi connectivity index (χ1) is 14.3. The number of nitrogens with zero attached hydrogens (tertiary/aromatic N) is 4. The van der Waals surface area contributed by atoms with Gasteiger partial charge in [-0.05, 0) is 42.7 Å². The molecule has 0 atom stereocenters. The Morgan fingerprint density at radius 2 is 2.00 bits per heavy atom. The fourth-order valence-corrected chi connectivity index (χ4v) is 4.10. The van der Waals surface area contributed by atoms with Gasteiger partial charge < -0.3 is 10.4 Å². The van der Waals surface area contributed by atoms with Gasteiger partial charge in [-0.1, -0.05) is 25.0 Å². The number of anilines is 1. The molecule has 0 saturated heterocycles. The van der Waals surface area contributed by atoms with E-state index in [1.807, 2.05) is 53.2 Å². The number of hydrogen-bond acceptors (Lipinski definition) is 5. The van der Waals surface area contributed by atoms with Gasteiger partial charge >= 0.3 is 0 Å². The molecule has 0 radical (unpaired) electrons. The van der Waals surface area contributed by atoms with Crippen molar-refractivity contribution in [1.82, 2.24) is 19.4 Å². The molecule has 1 fully saturated rings. The lowest BCUT2D eigenvalue weighted by atomic mass is 10.0. The van der Waals surface area contributed by atoms with Crippen molar-refractivity contribution in [2.24, 2.45) is 0 Å². The van der Waals surface area contributed by atoms with Gasteiger partial charge in [-0.25, -0.2) is 9.97 Å². The fraction of sp³-hybridized carbons (Fsp3) is 0.261. The first kappa shape index (κ1) is 17.8. The van der Waals surface area contributed by atoms with Gasteiger partial charge in [0.15, 0.2) is 0 Å². The molecule has 6 heteroatoms. The third kappa shape index (κ3) is 3.47. The minimum absolute atomic E-state index is 0.0536.